The van der Waals surface area contributed by atoms with Crippen molar-refractivity contribution in [3.63, 3.8) is 0 Å². The first kappa shape index (κ1) is 49.9. The van der Waals surface area contributed by atoms with E-state index in [2.05, 4.69) is 37.1 Å². The molecule has 1 aliphatic carbocycles. The summed E-state index contributed by atoms with van der Waals surface area (Å²) >= 11 is 0. The van der Waals surface area contributed by atoms with E-state index in [1.54, 1.807) is 18.9 Å². The molecule has 1 aliphatic rings. The van der Waals surface area contributed by atoms with Crippen LogP contribution in [0.4, 0.5) is 0 Å². The summed E-state index contributed by atoms with van der Waals surface area (Å²) in [6, 6.07) is -1.55. The van der Waals surface area contributed by atoms with Crippen molar-refractivity contribution in [3.8, 4) is 0 Å². The summed E-state index contributed by atoms with van der Waals surface area (Å²) < 4.78 is 29.0. The van der Waals surface area contributed by atoms with Gasteiger partial charge in [0.15, 0.2) is 0 Å². The van der Waals surface area contributed by atoms with E-state index >= 15 is 0 Å². The number of nitrogens with zero attached hydrogens (tertiary/aromatic N) is 2. The van der Waals surface area contributed by atoms with Crippen molar-refractivity contribution in [2.75, 3.05) is 107 Å². The number of carbonyl (C=O) groups excluding carboxylic acids is 4. The molecule has 4 amide bonds. The number of rotatable bonds is 31. The van der Waals surface area contributed by atoms with Crippen LogP contribution in [0, 0.1) is 5.92 Å². The van der Waals surface area contributed by atoms with Gasteiger partial charge in [0.2, 0.25) is 23.6 Å². The van der Waals surface area contributed by atoms with Crippen LogP contribution in [-0.2, 0) is 42.9 Å². The quantitative estimate of drug-likeness (QED) is 0.0197. The van der Waals surface area contributed by atoms with Gasteiger partial charge in [0.05, 0.1) is 117 Å². The zero-order valence-corrected chi connectivity index (χ0v) is 34.2. The van der Waals surface area contributed by atoms with Crippen LogP contribution in [0.5, 0.6) is 0 Å². The maximum Gasteiger partial charge on any atom is 0.246 e. The Labute approximate surface area is 328 Å². The highest BCUT2D eigenvalue weighted by atomic mass is 16.6. The zero-order chi connectivity index (χ0) is 41.1. The van der Waals surface area contributed by atoms with E-state index in [4.69, 9.17) is 46.7 Å². The van der Waals surface area contributed by atoms with E-state index in [0.29, 0.717) is 117 Å². The van der Waals surface area contributed by atoms with E-state index in [0.717, 1.165) is 36.0 Å². The SMILES string of the molecule is CC(C)C(NC(=O)C(N)CCCCNC(=O)COC1CCCCC/C(N(N)CCOCCOCCOCCOCCC(=O)NCC[N+](C)(C)C)=C\1N)C(N)=O. The van der Waals surface area contributed by atoms with Crippen molar-refractivity contribution in [1.29, 1.82) is 0 Å². The van der Waals surface area contributed by atoms with Gasteiger partial charge in [-0.1, -0.05) is 26.7 Å². The average Bonchev–Trinajstić information content (AvgIpc) is 3.10. The van der Waals surface area contributed by atoms with Crippen LogP contribution in [0.15, 0.2) is 11.4 Å². The molecule has 0 aliphatic heterocycles. The van der Waals surface area contributed by atoms with Crippen LogP contribution in [0.1, 0.15) is 71.6 Å². The Morgan fingerprint density at radius 3 is 2.04 bits per heavy atom. The third kappa shape index (κ3) is 24.9. The first-order valence-electron chi connectivity index (χ1n) is 19.7. The highest BCUT2D eigenvalue weighted by molar-refractivity contribution is 5.89. The van der Waals surface area contributed by atoms with Crippen LogP contribution in [-0.4, -0.2) is 158 Å². The minimum atomic E-state index is -0.777. The third-order valence-electron chi connectivity index (χ3n) is 8.86. The average molecular weight is 789 g/mol. The number of nitrogens with two attached hydrogens (primary N) is 4. The summed E-state index contributed by atoms with van der Waals surface area (Å²) in [7, 11) is 6.25. The number of unbranched alkanes of at least 4 members (excludes halogenated alkanes) is 1. The molecule has 3 unspecified atom stereocenters. The number of nitrogens with one attached hydrogen (secondary N) is 3. The molecule has 3 atom stereocenters. The molecule has 0 spiro atoms. The smallest absolute Gasteiger partial charge is 0.246 e. The second-order valence-electron chi connectivity index (χ2n) is 15.1. The fourth-order valence-corrected chi connectivity index (χ4v) is 5.51. The molecule has 0 aromatic heterocycles. The van der Waals surface area contributed by atoms with Crippen LogP contribution < -0.4 is 39.0 Å². The summed E-state index contributed by atoms with van der Waals surface area (Å²) in [6.45, 7) is 9.05. The Kier molecular flexibility index (Phi) is 26.5. The summed E-state index contributed by atoms with van der Waals surface area (Å²) in [4.78, 5) is 48.2. The van der Waals surface area contributed by atoms with Gasteiger partial charge in [-0.15, -0.1) is 0 Å². The monoisotopic (exact) mass is 789 g/mol. The molecule has 0 saturated carbocycles. The van der Waals surface area contributed by atoms with Gasteiger partial charge in [0.25, 0.3) is 0 Å². The molecule has 1 rings (SSSR count). The van der Waals surface area contributed by atoms with Crippen molar-refractivity contribution in [3.05, 3.63) is 11.4 Å². The van der Waals surface area contributed by atoms with Crippen molar-refractivity contribution < 1.29 is 47.3 Å². The van der Waals surface area contributed by atoms with Gasteiger partial charge in [-0.05, 0) is 44.4 Å². The van der Waals surface area contributed by atoms with Gasteiger partial charge >= 0.3 is 0 Å². The zero-order valence-electron chi connectivity index (χ0n) is 34.2. The molecule has 18 nitrogen and oxygen atoms in total. The standard InChI is InChI=1S/C37H73N9O9/c1-28(2)35(36(40)49)44-37(50)29(38)11-9-10-15-42-33(48)27-55-31-13-8-6-7-12-30(34(31)39)45(41)17-20-52-22-24-54-26-25-53-23-21-51-19-14-32(47)43-16-18-46(3,4)5/h28-29,31,35H,6-27,38-39,41H2,1-5H3,(H4-,40,42,43,44,47,48,49,50)/p+1/b34-30-. The van der Waals surface area contributed by atoms with Crippen LogP contribution >= 0.6 is 0 Å². The highest BCUT2D eigenvalue weighted by Gasteiger charge is 2.25. The Hall–Kier alpha value is -3.10. The van der Waals surface area contributed by atoms with E-state index in [9.17, 15) is 19.2 Å². The Bertz CT molecular complexity index is 1140. The highest BCUT2D eigenvalue weighted by Crippen LogP contribution is 2.24. The lowest BCUT2D eigenvalue weighted by atomic mass is 9.99. The molecular formula is C37H74N9O9+. The number of quaternary nitrogens is 1. The summed E-state index contributed by atoms with van der Waals surface area (Å²) in [5.74, 6) is 4.95. The Balaban J connectivity index is 2.21. The molecule has 0 radical (unpaired) electrons. The van der Waals surface area contributed by atoms with Crippen LogP contribution in [0.2, 0.25) is 0 Å². The van der Waals surface area contributed by atoms with Gasteiger partial charge in [0.1, 0.15) is 12.6 Å². The van der Waals surface area contributed by atoms with Crippen molar-refractivity contribution in [1.82, 2.24) is 21.0 Å². The molecule has 0 bridgehead atoms. The minimum Gasteiger partial charge on any atom is -0.398 e. The van der Waals surface area contributed by atoms with E-state index < -0.39 is 30.0 Å². The maximum atomic E-state index is 12.5. The van der Waals surface area contributed by atoms with Crippen molar-refractivity contribution in [2.45, 2.75) is 89.8 Å². The van der Waals surface area contributed by atoms with Crippen molar-refractivity contribution in [2.24, 2.45) is 29.0 Å². The number of amides is 4. The number of allylic oxidation sites excluding steroid dienone is 1. The second kappa shape index (κ2) is 29.2. The lowest BCUT2D eigenvalue weighted by Gasteiger charge is -2.29. The van der Waals surface area contributed by atoms with E-state index in [-0.39, 0.29) is 24.3 Å². The fraction of sp³-hybridized carbons (Fsp3) is 0.838. The predicted molar refractivity (Wildman–Crippen MR) is 210 cm³/mol. The number of likely N-dealkylation sites (N-methyl/N-ethyl adjacent to an activating group) is 1. The summed E-state index contributed by atoms with van der Waals surface area (Å²) in [6.07, 6.45) is 5.79. The van der Waals surface area contributed by atoms with Gasteiger partial charge in [-0.2, -0.15) is 0 Å². The topological polar surface area (TPSA) is 258 Å². The van der Waals surface area contributed by atoms with Gasteiger partial charge in [0, 0.05) is 13.0 Å². The molecule has 0 aromatic carbocycles. The molecule has 320 valence electrons. The number of hydrogen-bond donors (Lipinski definition) is 7. The van der Waals surface area contributed by atoms with Gasteiger partial charge in [-0.25, -0.2) is 5.84 Å². The lowest BCUT2D eigenvalue weighted by molar-refractivity contribution is -0.869. The maximum absolute atomic E-state index is 12.5. The van der Waals surface area contributed by atoms with Crippen molar-refractivity contribution >= 4 is 23.6 Å². The number of primary amides is 1. The Morgan fingerprint density at radius 2 is 1.44 bits per heavy atom. The lowest BCUT2D eigenvalue weighted by Crippen LogP contribution is -2.52. The second-order valence-corrected chi connectivity index (χ2v) is 15.1. The predicted octanol–water partition coefficient (Wildman–Crippen LogP) is -0.800. The number of carbonyl (C=O) groups is 4. The molecule has 0 saturated heterocycles. The normalized spacial score (nSPS) is 17.6. The molecule has 11 N–H and O–H groups in total. The van der Waals surface area contributed by atoms with Gasteiger partial charge < -0.3 is 66.3 Å². The van der Waals surface area contributed by atoms with Crippen LogP contribution in [0.25, 0.3) is 0 Å². The number of hydrogen-bond acceptors (Lipinski definition) is 13. The van der Waals surface area contributed by atoms with Crippen LogP contribution in [0.3, 0.4) is 0 Å². The van der Waals surface area contributed by atoms with Gasteiger partial charge in [-0.3, -0.25) is 19.2 Å². The Morgan fingerprint density at radius 1 is 0.836 bits per heavy atom. The summed E-state index contributed by atoms with van der Waals surface area (Å²) in [5.41, 5.74) is 19.2. The fourth-order valence-electron chi connectivity index (χ4n) is 5.51. The molecule has 0 heterocycles. The summed E-state index contributed by atoms with van der Waals surface area (Å²) in [5, 5.41) is 9.94. The molecule has 18 heteroatoms. The number of hydrazine groups is 1. The minimum absolute atomic E-state index is 0.0118. The first-order valence-corrected chi connectivity index (χ1v) is 19.7. The molecule has 0 aromatic rings. The third-order valence-corrected chi connectivity index (χ3v) is 8.86. The first-order chi connectivity index (χ1) is 26.1. The molecule has 0 fully saturated rings. The van der Waals surface area contributed by atoms with E-state index in [1.807, 2.05) is 0 Å². The molecule has 55 heavy (non-hydrogen) atoms. The largest absolute Gasteiger partial charge is 0.398 e. The molecular weight excluding hydrogens is 714 g/mol. The van der Waals surface area contributed by atoms with E-state index in [1.165, 1.54) is 0 Å². The number of ether oxygens (including phenoxy) is 5.